The van der Waals surface area contributed by atoms with Crippen molar-refractivity contribution in [3.05, 3.63) is 23.8 Å². The molecule has 1 fully saturated rings. The summed E-state index contributed by atoms with van der Waals surface area (Å²) in [4.78, 5) is 12.1. The van der Waals surface area contributed by atoms with E-state index in [0.29, 0.717) is 36.7 Å². The molecule has 0 N–H and O–H groups in total. The molecule has 2 rings (SSSR count). The molecule has 0 aromatic heterocycles. The van der Waals surface area contributed by atoms with E-state index in [1.54, 1.807) is 18.2 Å². The molecule has 116 valence electrons. The van der Waals surface area contributed by atoms with Crippen molar-refractivity contribution in [3.63, 3.8) is 0 Å². The maximum Gasteiger partial charge on any atom is 0.228 e. The first-order valence-corrected chi connectivity index (χ1v) is 7.35. The second kappa shape index (κ2) is 7.98. The molecule has 0 bridgehead atoms. The van der Waals surface area contributed by atoms with Crippen LogP contribution in [0.5, 0.6) is 11.5 Å². The van der Waals surface area contributed by atoms with Gasteiger partial charge in [-0.1, -0.05) is 13.3 Å². The fourth-order valence-electron chi connectivity index (χ4n) is 2.22. The minimum absolute atomic E-state index is 0.0659. The molecule has 0 aliphatic carbocycles. The van der Waals surface area contributed by atoms with Crippen LogP contribution < -0.4 is 9.47 Å². The van der Waals surface area contributed by atoms with Gasteiger partial charge in [-0.2, -0.15) is 0 Å². The highest BCUT2D eigenvalue weighted by molar-refractivity contribution is 5.96. The van der Waals surface area contributed by atoms with E-state index in [-0.39, 0.29) is 11.9 Å². The van der Waals surface area contributed by atoms with Crippen LogP contribution in [0.4, 0.5) is 4.39 Å². The normalized spacial score (nSPS) is 17.7. The number of hydrogen-bond acceptors (Lipinski definition) is 4. The van der Waals surface area contributed by atoms with Gasteiger partial charge in [0.15, 0.2) is 17.3 Å². The number of alkyl halides is 1. The van der Waals surface area contributed by atoms with Gasteiger partial charge >= 0.3 is 0 Å². The molecule has 21 heavy (non-hydrogen) atoms. The smallest absolute Gasteiger partial charge is 0.228 e. The molecule has 1 aromatic rings. The van der Waals surface area contributed by atoms with E-state index in [2.05, 4.69) is 0 Å². The van der Waals surface area contributed by atoms with Gasteiger partial charge in [0.1, 0.15) is 6.10 Å². The van der Waals surface area contributed by atoms with Crippen LogP contribution in [0.3, 0.4) is 0 Å². The van der Waals surface area contributed by atoms with Crippen molar-refractivity contribution in [1.29, 1.82) is 0 Å². The van der Waals surface area contributed by atoms with Gasteiger partial charge in [-0.3, -0.25) is 4.79 Å². The summed E-state index contributed by atoms with van der Waals surface area (Å²) in [5.74, 6) is 0.790. The zero-order chi connectivity index (χ0) is 15.1. The van der Waals surface area contributed by atoms with Gasteiger partial charge in [0.05, 0.1) is 13.2 Å². The number of ketones is 1. The summed E-state index contributed by atoms with van der Waals surface area (Å²) in [6, 6.07) is 4.88. The van der Waals surface area contributed by atoms with Crippen LogP contribution in [-0.2, 0) is 4.74 Å². The molecule has 0 spiro atoms. The first-order valence-electron chi connectivity index (χ1n) is 7.35. The summed E-state index contributed by atoms with van der Waals surface area (Å²) in [7, 11) is 0. The first kappa shape index (κ1) is 15.8. The lowest BCUT2D eigenvalue weighted by Gasteiger charge is -2.16. The van der Waals surface area contributed by atoms with Gasteiger partial charge < -0.3 is 14.2 Å². The molecule has 5 heteroatoms. The van der Waals surface area contributed by atoms with E-state index in [1.165, 1.54) is 0 Å². The Morgan fingerprint density at radius 3 is 2.95 bits per heavy atom. The lowest BCUT2D eigenvalue weighted by atomic mass is 10.1. The summed E-state index contributed by atoms with van der Waals surface area (Å²) in [5, 5.41) is 0. The molecule has 0 saturated carbocycles. The standard InChI is InChI=1S/C16H21FO4/c1-2-3-4-14(18)12-5-6-15(20-11-17)16(9-12)21-13-7-8-19-10-13/h5-6,9,13H,2-4,7-8,10-11H2,1H3. The van der Waals surface area contributed by atoms with Crippen LogP contribution >= 0.6 is 0 Å². The summed E-state index contributed by atoms with van der Waals surface area (Å²) in [6.07, 6.45) is 3.04. The highest BCUT2D eigenvalue weighted by atomic mass is 19.1. The Kier molecular flexibility index (Phi) is 5.99. The van der Waals surface area contributed by atoms with Crippen LogP contribution in [0.1, 0.15) is 43.0 Å². The van der Waals surface area contributed by atoms with E-state index in [0.717, 1.165) is 19.3 Å². The Hall–Kier alpha value is -1.62. The molecule has 1 atom stereocenters. The molecular formula is C16H21FO4. The minimum Gasteiger partial charge on any atom is -0.484 e. The van der Waals surface area contributed by atoms with Crippen molar-refractivity contribution in [3.8, 4) is 11.5 Å². The maximum absolute atomic E-state index is 12.4. The molecule has 1 aliphatic rings. The Bertz CT molecular complexity index is 469. The van der Waals surface area contributed by atoms with E-state index < -0.39 is 6.86 Å². The zero-order valence-corrected chi connectivity index (χ0v) is 12.3. The molecule has 1 heterocycles. The van der Waals surface area contributed by atoms with E-state index in [9.17, 15) is 9.18 Å². The van der Waals surface area contributed by atoms with Crippen LogP contribution in [0.25, 0.3) is 0 Å². The van der Waals surface area contributed by atoms with Crippen molar-refractivity contribution < 1.29 is 23.4 Å². The quantitative estimate of drug-likeness (QED) is 0.688. The van der Waals surface area contributed by atoms with Crippen molar-refractivity contribution in [2.75, 3.05) is 20.1 Å². The molecule has 1 aliphatic heterocycles. The van der Waals surface area contributed by atoms with Gasteiger partial charge in [-0.25, -0.2) is 4.39 Å². The number of hydrogen-bond donors (Lipinski definition) is 0. The lowest BCUT2D eigenvalue weighted by molar-refractivity contribution is 0.0978. The van der Waals surface area contributed by atoms with E-state index >= 15 is 0 Å². The summed E-state index contributed by atoms with van der Waals surface area (Å²) in [5.41, 5.74) is 0.573. The average molecular weight is 296 g/mol. The van der Waals surface area contributed by atoms with Crippen molar-refractivity contribution in [1.82, 2.24) is 0 Å². The van der Waals surface area contributed by atoms with Crippen molar-refractivity contribution >= 4 is 5.78 Å². The molecular weight excluding hydrogens is 275 g/mol. The Labute approximate surface area is 124 Å². The third kappa shape index (κ3) is 4.43. The van der Waals surface area contributed by atoms with Crippen LogP contribution in [-0.4, -0.2) is 32.0 Å². The number of rotatable bonds is 8. The molecule has 1 aromatic carbocycles. The van der Waals surface area contributed by atoms with Crippen LogP contribution in [0.15, 0.2) is 18.2 Å². The molecule has 1 saturated heterocycles. The first-order chi connectivity index (χ1) is 10.2. The largest absolute Gasteiger partial charge is 0.484 e. The number of halogens is 1. The Balaban J connectivity index is 2.14. The number of carbonyl (C=O) groups excluding carboxylic acids is 1. The van der Waals surface area contributed by atoms with E-state index in [4.69, 9.17) is 14.2 Å². The summed E-state index contributed by atoms with van der Waals surface area (Å²) < 4.78 is 28.4. The fraction of sp³-hybridized carbons (Fsp3) is 0.562. The molecule has 0 amide bonds. The predicted octanol–water partition coefficient (Wildman–Crippen LogP) is 3.53. The average Bonchev–Trinajstić information content (AvgIpc) is 2.99. The van der Waals surface area contributed by atoms with Crippen molar-refractivity contribution in [2.24, 2.45) is 0 Å². The van der Waals surface area contributed by atoms with Gasteiger partial charge in [0, 0.05) is 18.4 Å². The fourth-order valence-corrected chi connectivity index (χ4v) is 2.22. The summed E-state index contributed by atoms with van der Waals surface area (Å²) >= 11 is 0. The Morgan fingerprint density at radius 1 is 1.43 bits per heavy atom. The lowest BCUT2D eigenvalue weighted by Crippen LogP contribution is -2.16. The molecule has 0 radical (unpaired) electrons. The van der Waals surface area contributed by atoms with Gasteiger partial charge in [0.25, 0.3) is 0 Å². The van der Waals surface area contributed by atoms with E-state index in [1.807, 2.05) is 6.92 Å². The SMILES string of the molecule is CCCCC(=O)c1ccc(OCF)c(OC2CCOC2)c1. The van der Waals surface area contributed by atoms with Gasteiger partial charge in [-0.05, 0) is 24.6 Å². The Morgan fingerprint density at radius 2 is 2.29 bits per heavy atom. The van der Waals surface area contributed by atoms with Gasteiger partial charge in [0.2, 0.25) is 6.86 Å². The number of Topliss-reactive ketones (excluding diaryl/α,β-unsaturated/α-hetero) is 1. The second-order valence-corrected chi connectivity index (χ2v) is 5.05. The minimum atomic E-state index is -0.930. The monoisotopic (exact) mass is 296 g/mol. The highest BCUT2D eigenvalue weighted by Gasteiger charge is 2.20. The number of carbonyl (C=O) groups is 1. The third-order valence-corrected chi connectivity index (χ3v) is 3.41. The van der Waals surface area contributed by atoms with Crippen molar-refractivity contribution in [2.45, 2.75) is 38.7 Å². The second-order valence-electron chi connectivity index (χ2n) is 5.05. The topological polar surface area (TPSA) is 44.8 Å². The maximum atomic E-state index is 12.4. The zero-order valence-electron chi connectivity index (χ0n) is 12.3. The summed E-state index contributed by atoms with van der Waals surface area (Å²) in [6.45, 7) is 2.27. The van der Waals surface area contributed by atoms with Gasteiger partial charge in [-0.15, -0.1) is 0 Å². The number of benzene rings is 1. The van der Waals surface area contributed by atoms with Crippen LogP contribution in [0.2, 0.25) is 0 Å². The number of ether oxygens (including phenoxy) is 3. The molecule has 1 unspecified atom stereocenters. The van der Waals surface area contributed by atoms with Crippen LogP contribution in [0, 0.1) is 0 Å². The highest BCUT2D eigenvalue weighted by Crippen LogP contribution is 2.31. The number of unbranched alkanes of at least 4 members (excludes halogenated alkanes) is 1. The molecule has 4 nitrogen and oxygen atoms in total. The third-order valence-electron chi connectivity index (χ3n) is 3.41. The predicted molar refractivity (Wildman–Crippen MR) is 76.8 cm³/mol.